The zero-order chi connectivity index (χ0) is 26.7. The first kappa shape index (κ1) is 24.2. The number of carbonyl (C=O) groups is 1. The molecule has 1 amide bonds. The summed E-state index contributed by atoms with van der Waals surface area (Å²) in [6.07, 6.45) is -1.78. The van der Waals surface area contributed by atoms with Gasteiger partial charge in [-0.1, -0.05) is 6.07 Å². The van der Waals surface area contributed by atoms with Crippen molar-refractivity contribution in [3.63, 3.8) is 0 Å². The maximum Gasteiger partial charge on any atom is 0.416 e. The van der Waals surface area contributed by atoms with Crippen LogP contribution in [0.5, 0.6) is 11.5 Å². The third-order valence-corrected chi connectivity index (χ3v) is 9.85. The Balaban J connectivity index is 1.25. The first-order chi connectivity index (χ1) is 18.0. The zero-order valence-electron chi connectivity index (χ0n) is 20.6. The van der Waals surface area contributed by atoms with Gasteiger partial charge in [0.2, 0.25) is 0 Å². The first-order valence-corrected chi connectivity index (χ1v) is 13.3. The maximum atomic E-state index is 14.3. The fourth-order valence-corrected chi connectivity index (χ4v) is 7.97. The lowest BCUT2D eigenvalue weighted by molar-refractivity contribution is -0.924. The van der Waals surface area contributed by atoms with Crippen molar-refractivity contribution in [3.05, 3.63) is 63.9 Å². The Hall–Kier alpha value is -2.82. The fourth-order valence-electron chi connectivity index (χ4n) is 7.97. The number of alkyl halides is 3. The molecule has 2 unspecified atom stereocenters. The van der Waals surface area contributed by atoms with E-state index >= 15 is 0 Å². The summed E-state index contributed by atoms with van der Waals surface area (Å²) < 4.78 is 44.9. The van der Waals surface area contributed by atoms with Gasteiger partial charge < -0.3 is 30.1 Å². The van der Waals surface area contributed by atoms with Crippen molar-refractivity contribution in [2.75, 3.05) is 13.1 Å². The van der Waals surface area contributed by atoms with E-state index in [9.17, 15) is 33.4 Å². The summed E-state index contributed by atoms with van der Waals surface area (Å²) in [5.41, 5.74) is -1.46. The van der Waals surface area contributed by atoms with Gasteiger partial charge >= 0.3 is 6.18 Å². The molecule has 38 heavy (non-hydrogen) atoms. The number of hydrogen-bond donors (Lipinski definition) is 3. The molecule has 2 aliphatic heterocycles. The molecule has 5 aliphatic rings. The predicted octanol–water partition coefficient (Wildman–Crippen LogP) is 3.79. The molecule has 0 radical (unpaired) electrons. The molecule has 3 N–H and O–H groups in total. The number of rotatable bonds is 4. The second-order valence-electron chi connectivity index (χ2n) is 11.8. The Morgan fingerprint density at radius 2 is 1.87 bits per heavy atom. The number of amides is 1. The molecule has 2 heterocycles. The molecule has 0 aromatic heterocycles. The summed E-state index contributed by atoms with van der Waals surface area (Å²) in [6, 6.07) is 6.25. The Kier molecular flexibility index (Phi) is 4.87. The van der Waals surface area contributed by atoms with Gasteiger partial charge in [0, 0.05) is 29.9 Å². The molecule has 10 heteroatoms. The third kappa shape index (κ3) is 3.17. The molecule has 7 rings (SSSR count). The summed E-state index contributed by atoms with van der Waals surface area (Å²) in [6.45, 7) is 0.806. The average molecular weight is 531 g/mol. The van der Waals surface area contributed by atoms with Crippen LogP contribution in [0.3, 0.4) is 0 Å². The largest absolute Gasteiger partial charge is 0.632 e. The molecule has 6 atom stereocenters. The van der Waals surface area contributed by atoms with Crippen molar-refractivity contribution in [3.8, 4) is 11.5 Å². The van der Waals surface area contributed by atoms with Crippen LogP contribution in [0.2, 0.25) is 0 Å². The van der Waals surface area contributed by atoms with Gasteiger partial charge in [0.05, 0.1) is 30.1 Å². The molecule has 1 spiro atoms. The molecule has 3 aliphatic carbocycles. The van der Waals surface area contributed by atoms with Crippen LogP contribution in [-0.2, 0) is 18.0 Å². The van der Waals surface area contributed by atoms with Crippen LogP contribution in [0.4, 0.5) is 13.2 Å². The van der Waals surface area contributed by atoms with Crippen molar-refractivity contribution < 1.29 is 37.6 Å². The summed E-state index contributed by atoms with van der Waals surface area (Å²) >= 11 is 0. The minimum absolute atomic E-state index is 0.0485. The normalized spacial score (nSPS) is 36.8. The summed E-state index contributed by atoms with van der Waals surface area (Å²) in [5.74, 6) is 0.0954. The number of carbonyl (C=O) groups excluding carboxylic acids is 1. The van der Waals surface area contributed by atoms with Crippen molar-refractivity contribution >= 4 is 5.91 Å². The second-order valence-corrected chi connectivity index (χ2v) is 11.8. The zero-order valence-corrected chi connectivity index (χ0v) is 20.6. The standard InChI is InChI=1S/C28H29F3N2O5/c29-28(30,31)18-6-3-16(4-7-18)25(35)32-19-9-10-27(36)21-13-17-5-8-20(34)23-22(17)26(27,24(19)38-23)11-12-33(21,37)14-15-1-2-15/h3-8,15,19,21,24,34,36H,1-2,9-14H2,(H,32,35)/t19-,21-,24+,26?,27-,33?/m1/s1. The van der Waals surface area contributed by atoms with Crippen LogP contribution in [0.1, 0.15) is 59.2 Å². The Morgan fingerprint density at radius 3 is 2.55 bits per heavy atom. The lowest BCUT2D eigenvalue weighted by Gasteiger charge is -2.68. The Labute approximate surface area is 217 Å². The number of likely N-dealkylation sites (tertiary alicyclic amines) is 1. The molecular weight excluding hydrogens is 501 g/mol. The highest BCUT2D eigenvalue weighted by Gasteiger charge is 2.76. The van der Waals surface area contributed by atoms with E-state index in [1.165, 1.54) is 0 Å². The smallest absolute Gasteiger partial charge is 0.416 e. The van der Waals surface area contributed by atoms with E-state index in [0.29, 0.717) is 44.0 Å². The van der Waals surface area contributed by atoms with E-state index < -0.39 is 51.5 Å². The number of phenolic OH excluding ortho intramolecular Hbond substituents is 1. The van der Waals surface area contributed by atoms with E-state index in [1.807, 2.05) is 6.07 Å². The number of halogens is 3. The lowest BCUT2D eigenvalue weighted by atomic mass is 9.48. The van der Waals surface area contributed by atoms with Crippen molar-refractivity contribution in [2.24, 2.45) is 5.92 Å². The highest BCUT2D eigenvalue weighted by Crippen LogP contribution is 2.66. The predicted molar refractivity (Wildman–Crippen MR) is 129 cm³/mol. The summed E-state index contributed by atoms with van der Waals surface area (Å²) in [4.78, 5) is 13.1. The third-order valence-electron chi connectivity index (χ3n) is 9.85. The van der Waals surface area contributed by atoms with E-state index in [1.54, 1.807) is 6.07 Å². The topological polar surface area (TPSA) is 102 Å². The molecule has 202 valence electrons. The first-order valence-electron chi connectivity index (χ1n) is 13.3. The molecule has 7 nitrogen and oxygen atoms in total. The van der Waals surface area contributed by atoms with Gasteiger partial charge in [0.1, 0.15) is 17.7 Å². The van der Waals surface area contributed by atoms with Crippen LogP contribution in [-0.4, -0.2) is 57.6 Å². The van der Waals surface area contributed by atoms with Crippen LogP contribution in [0.15, 0.2) is 36.4 Å². The number of hydrogen-bond acceptors (Lipinski definition) is 5. The SMILES string of the molecule is O=C(N[C@@H]1CC[C@@]2(O)[C@H]3Cc4ccc(O)c5c4C2(CC[N+]3([O-])CC2CC2)[C@H]1O5)c1ccc(C(F)(F)F)cc1. The second kappa shape index (κ2) is 7.64. The minimum Gasteiger partial charge on any atom is -0.632 e. The van der Waals surface area contributed by atoms with Gasteiger partial charge in [-0.15, -0.1) is 0 Å². The van der Waals surface area contributed by atoms with E-state index in [0.717, 1.165) is 48.2 Å². The monoisotopic (exact) mass is 530 g/mol. The Morgan fingerprint density at radius 1 is 1.13 bits per heavy atom. The number of hydroxylamine groups is 3. The van der Waals surface area contributed by atoms with Crippen LogP contribution < -0.4 is 10.1 Å². The van der Waals surface area contributed by atoms with Crippen LogP contribution in [0, 0.1) is 11.1 Å². The average Bonchev–Trinajstić information content (AvgIpc) is 3.60. The van der Waals surface area contributed by atoms with Gasteiger partial charge in [0.15, 0.2) is 11.5 Å². The van der Waals surface area contributed by atoms with Gasteiger partial charge in [-0.3, -0.25) is 4.79 Å². The molecule has 2 aromatic carbocycles. The number of quaternary nitrogens is 1. The molecular formula is C28H29F3N2O5. The number of aromatic hydroxyl groups is 1. The van der Waals surface area contributed by atoms with Gasteiger partial charge in [-0.25, -0.2) is 0 Å². The van der Waals surface area contributed by atoms with Crippen LogP contribution >= 0.6 is 0 Å². The number of aliphatic hydroxyl groups is 1. The van der Waals surface area contributed by atoms with Crippen molar-refractivity contribution in [2.45, 2.75) is 73.9 Å². The van der Waals surface area contributed by atoms with Gasteiger partial charge in [-0.2, -0.15) is 13.2 Å². The van der Waals surface area contributed by atoms with E-state index in [2.05, 4.69) is 5.32 Å². The quantitative estimate of drug-likeness (QED) is 0.413. The fraction of sp³-hybridized carbons (Fsp3) is 0.536. The number of nitrogens with one attached hydrogen (secondary N) is 1. The van der Waals surface area contributed by atoms with Crippen LogP contribution in [0.25, 0.3) is 0 Å². The van der Waals surface area contributed by atoms with Crippen molar-refractivity contribution in [1.82, 2.24) is 5.32 Å². The van der Waals surface area contributed by atoms with Gasteiger partial charge in [0.25, 0.3) is 5.91 Å². The highest BCUT2D eigenvalue weighted by atomic mass is 19.4. The maximum absolute atomic E-state index is 14.3. The number of ether oxygens (including phenoxy) is 1. The number of phenols is 1. The lowest BCUT2D eigenvalue weighted by Crippen LogP contribution is -2.81. The number of nitrogens with zero attached hydrogens (tertiary/aromatic N) is 1. The molecule has 2 saturated carbocycles. The van der Waals surface area contributed by atoms with Gasteiger partial charge in [-0.05, 0) is 61.6 Å². The van der Waals surface area contributed by atoms with Crippen molar-refractivity contribution in [1.29, 1.82) is 0 Å². The van der Waals surface area contributed by atoms with E-state index in [-0.39, 0.29) is 17.7 Å². The number of benzene rings is 2. The number of piperidine rings is 1. The Bertz CT molecular complexity index is 1330. The summed E-state index contributed by atoms with van der Waals surface area (Å²) in [7, 11) is 0. The molecule has 1 saturated heterocycles. The highest BCUT2D eigenvalue weighted by molar-refractivity contribution is 5.94. The molecule has 2 bridgehead atoms. The molecule has 2 aromatic rings. The molecule has 3 fully saturated rings. The minimum atomic E-state index is -4.50. The summed E-state index contributed by atoms with van der Waals surface area (Å²) in [5, 5.41) is 40.3. The van der Waals surface area contributed by atoms with E-state index in [4.69, 9.17) is 4.74 Å².